The molecule has 144 valence electrons. The molecule has 3 aromatic rings. The van der Waals surface area contributed by atoms with Gasteiger partial charge in [-0.1, -0.05) is 42.0 Å². The average Bonchev–Trinajstić information content (AvgIpc) is 3.27. The normalized spacial score (nSPS) is 13.8. The third kappa shape index (κ3) is 5.00. The van der Waals surface area contributed by atoms with Gasteiger partial charge in [0.1, 0.15) is 17.4 Å². The van der Waals surface area contributed by atoms with Gasteiger partial charge in [0.05, 0.1) is 12.8 Å². The molecule has 0 fully saturated rings. The number of nitrogens with one attached hydrogen (secondary N) is 2. The van der Waals surface area contributed by atoms with Crippen LogP contribution in [0.3, 0.4) is 0 Å². The molecule has 1 aliphatic carbocycles. The molecule has 0 atom stereocenters. The fraction of sp³-hybridized carbons (Fsp3) is 0.304. The number of rotatable bonds is 8. The predicted octanol–water partition coefficient (Wildman–Crippen LogP) is 5.65. The summed E-state index contributed by atoms with van der Waals surface area (Å²) in [6.45, 7) is 1.47. The number of aromatic nitrogens is 2. The van der Waals surface area contributed by atoms with Gasteiger partial charge in [-0.3, -0.25) is 0 Å². The molecular weight excluding hydrogens is 348 g/mol. The van der Waals surface area contributed by atoms with E-state index in [4.69, 9.17) is 9.40 Å². The Balaban J connectivity index is 1.48. The van der Waals surface area contributed by atoms with E-state index in [1.165, 1.54) is 25.7 Å². The topological polar surface area (TPSA) is 63.0 Å². The van der Waals surface area contributed by atoms with Gasteiger partial charge < -0.3 is 15.1 Å². The van der Waals surface area contributed by atoms with Crippen molar-refractivity contribution in [1.82, 2.24) is 9.97 Å². The second kappa shape index (κ2) is 9.22. The molecule has 28 heavy (non-hydrogen) atoms. The van der Waals surface area contributed by atoms with Gasteiger partial charge in [-0.2, -0.15) is 0 Å². The molecule has 0 bridgehead atoms. The smallest absolute Gasteiger partial charge is 0.163 e. The van der Waals surface area contributed by atoms with Crippen LogP contribution in [0.2, 0.25) is 0 Å². The molecule has 2 N–H and O–H groups in total. The van der Waals surface area contributed by atoms with E-state index in [9.17, 15) is 0 Å². The molecule has 2 heterocycles. The molecule has 0 radical (unpaired) electrons. The van der Waals surface area contributed by atoms with E-state index in [2.05, 4.69) is 21.7 Å². The lowest BCUT2D eigenvalue weighted by Crippen LogP contribution is -2.09. The number of anilines is 2. The zero-order chi connectivity index (χ0) is 19.0. The maximum Gasteiger partial charge on any atom is 0.163 e. The Morgan fingerprint density at radius 3 is 2.54 bits per heavy atom. The number of hydrogen-bond donors (Lipinski definition) is 2. The largest absolute Gasteiger partial charge is 0.467 e. The van der Waals surface area contributed by atoms with Crippen molar-refractivity contribution in [2.45, 2.75) is 38.6 Å². The van der Waals surface area contributed by atoms with Crippen molar-refractivity contribution in [1.29, 1.82) is 0 Å². The highest BCUT2D eigenvalue weighted by Gasteiger charge is 2.08. The Kier molecular flexibility index (Phi) is 6.02. The van der Waals surface area contributed by atoms with Gasteiger partial charge in [0.15, 0.2) is 5.82 Å². The maximum absolute atomic E-state index is 5.40. The lowest BCUT2D eigenvalue weighted by Gasteiger charge is -2.14. The van der Waals surface area contributed by atoms with Crippen molar-refractivity contribution >= 4 is 11.6 Å². The summed E-state index contributed by atoms with van der Waals surface area (Å²) in [6.07, 6.45) is 10.3. The van der Waals surface area contributed by atoms with Crippen molar-refractivity contribution < 1.29 is 4.42 Å². The monoisotopic (exact) mass is 374 g/mol. The van der Waals surface area contributed by atoms with Crippen LogP contribution in [0.4, 0.5) is 11.6 Å². The second-order valence-electron chi connectivity index (χ2n) is 7.05. The van der Waals surface area contributed by atoms with E-state index in [0.29, 0.717) is 12.4 Å². The SMILES string of the molecule is C1=C(CCNc2cc(NCc3ccco3)nc(-c3ccccc3)n2)CCCC1. The number of furan rings is 1. The standard InChI is InChI=1S/C23H26N4O/c1-3-8-18(9-4-1)13-14-24-21-16-22(25-17-20-12-7-15-28-20)27-23(26-21)19-10-5-2-6-11-19/h2,5-8,10-12,15-16H,1,3-4,9,13-14,17H2,(H2,24,25,26,27). The van der Waals surface area contributed by atoms with E-state index >= 15 is 0 Å². The molecule has 0 unspecified atom stereocenters. The molecule has 2 aromatic heterocycles. The van der Waals surface area contributed by atoms with Crippen LogP contribution in [0.1, 0.15) is 37.9 Å². The summed E-state index contributed by atoms with van der Waals surface area (Å²) < 4.78 is 5.40. The van der Waals surface area contributed by atoms with Gasteiger partial charge in [0.2, 0.25) is 0 Å². The molecule has 1 aliphatic rings. The predicted molar refractivity (Wildman–Crippen MR) is 113 cm³/mol. The third-order valence-corrected chi connectivity index (χ3v) is 4.92. The summed E-state index contributed by atoms with van der Waals surface area (Å²) in [4.78, 5) is 9.41. The van der Waals surface area contributed by atoms with E-state index in [0.717, 1.165) is 35.9 Å². The number of hydrogen-bond acceptors (Lipinski definition) is 5. The average molecular weight is 374 g/mol. The fourth-order valence-electron chi connectivity index (χ4n) is 3.42. The van der Waals surface area contributed by atoms with E-state index in [-0.39, 0.29) is 0 Å². The van der Waals surface area contributed by atoms with E-state index < -0.39 is 0 Å². The number of benzene rings is 1. The van der Waals surface area contributed by atoms with Crippen LogP contribution in [-0.4, -0.2) is 16.5 Å². The molecule has 1 aromatic carbocycles. The van der Waals surface area contributed by atoms with Crippen LogP contribution in [0.15, 0.2) is 70.9 Å². The lowest BCUT2D eigenvalue weighted by molar-refractivity contribution is 0.518. The first-order valence-electron chi connectivity index (χ1n) is 9.99. The van der Waals surface area contributed by atoms with Crippen LogP contribution in [0, 0.1) is 0 Å². The molecule has 0 saturated heterocycles. The highest BCUT2D eigenvalue weighted by molar-refractivity contribution is 5.61. The van der Waals surface area contributed by atoms with Crippen LogP contribution in [0.5, 0.6) is 0 Å². The van der Waals surface area contributed by atoms with Crippen molar-refractivity contribution in [3.8, 4) is 11.4 Å². The van der Waals surface area contributed by atoms with Crippen molar-refractivity contribution in [3.63, 3.8) is 0 Å². The summed E-state index contributed by atoms with van der Waals surface area (Å²) in [6, 6.07) is 15.9. The van der Waals surface area contributed by atoms with Crippen LogP contribution in [-0.2, 0) is 6.54 Å². The first-order chi connectivity index (χ1) is 13.9. The highest BCUT2D eigenvalue weighted by Crippen LogP contribution is 2.22. The first-order valence-corrected chi connectivity index (χ1v) is 9.99. The van der Waals surface area contributed by atoms with Crippen LogP contribution in [0.25, 0.3) is 11.4 Å². The fourth-order valence-corrected chi connectivity index (χ4v) is 3.42. The zero-order valence-electron chi connectivity index (χ0n) is 16.0. The number of allylic oxidation sites excluding steroid dienone is 1. The Labute approximate surface area is 165 Å². The Morgan fingerprint density at radius 1 is 0.929 bits per heavy atom. The number of nitrogens with zero attached hydrogens (tertiary/aromatic N) is 2. The summed E-state index contributed by atoms with van der Waals surface area (Å²) in [5.41, 5.74) is 2.56. The summed E-state index contributed by atoms with van der Waals surface area (Å²) >= 11 is 0. The van der Waals surface area contributed by atoms with Crippen LogP contribution < -0.4 is 10.6 Å². The zero-order valence-corrected chi connectivity index (χ0v) is 16.0. The molecule has 4 rings (SSSR count). The maximum atomic E-state index is 5.40. The Bertz CT molecular complexity index is 904. The Hall–Kier alpha value is -3.08. The first kappa shape index (κ1) is 18.3. The van der Waals surface area contributed by atoms with Crippen molar-refractivity contribution in [2.75, 3.05) is 17.2 Å². The van der Waals surface area contributed by atoms with Crippen molar-refractivity contribution in [2.24, 2.45) is 0 Å². The van der Waals surface area contributed by atoms with Gasteiger partial charge in [0.25, 0.3) is 0 Å². The lowest BCUT2D eigenvalue weighted by atomic mass is 9.97. The molecular formula is C23H26N4O. The summed E-state index contributed by atoms with van der Waals surface area (Å²) in [7, 11) is 0. The minimum atomic E-state index is 0.588. The molecule has 5 heteroatoms. The van der Waals surface area contributed by atoms with Gasteiger partial charge in [-0.05, 0) is 44.2 Å². The van der Waals surface area contributed by atoms with Crippen LogP contribution >= 0.6 is 0 Å². The van der Waals surface area contributed by atoms with E-state index in [1.807, 2.05) is 48.5 Å². The molecule has 0 amide bonds. The third-order valence-electron chi connectivity index (χ3n) is 4.92. The molecule has 5 nitrogen and oxygen atoms in total. The summed E-state index contributed by atoms with van der Waals surface area (Å²) in [5, 5.41) is 6.82. The molecule has 0 saturated carbocycles. The van der Waals surface area contributed by atoms with E-state index in [1.54, 1.807) is 11.8 Å². The van der Waals surface area contributed by atoms with Gasteiger partial charge >= 0.3 is 0 Å². The second-order valence-corrected chi connectivity index (χ2v) is 7.05. The summed E-state index contributed by atoms with van der Waals surface area (Å²) in [5.74, 6) is 3.21. The Morgan fingerprint density at radius 2 is 1.79 bits per heavy atom. The minimum Gasteiger partial charge on any atom is -0.467 e. The van der Waals surface area contributed by atoms with Crippen molar-refractivity contribution in [3.05, 3.63) is 72.2 Å². The van der Waals surface area contributed by atoms with Gasteiger partial charge in [0, 0.05) is 18.2 Å². The quantitative estimate of drug-likeness (QED) is 0.499. The molecule has 0 aliphatic heterocycles. The molecule has 0 spiro atoms. The van der Waals surface area contributed by atoms with Gasteiger partial charge in [-0.25, -0.2) is 9.97 Å². The highest BCUT2D eigenvalue weighted by atomic mass is 16.3. The minimum absolute atomic E-state index is 0.588. The van der Waals surface area contributed by atoms with Gasteiger partial charge in [-0.15, -0.1) is 0 Å².